The maximum atomic E-state index is 12.4. The van der Waals surface area contributed by atoms with Crippen LogP contribution in [0.4, 0.5) is 4.79 Å². The standard InChI is InChI=1S/C15H19BrN2O3S/c1-5-21-14(19)12-9(4)18(8(2)3)15(20)17-13(12)11-6-10(16)7-22-11/h6-8,13H,5H2,1-4H3,(H,17,20)/t13-/m1/s1. The number of carbonyl (C=O) groups is 2. The summed E-state index contributed by atoms with van der Waals surface area (Å²) < 4.78 is 6.12. The third-order valence-corrected chi connectivity index (χ3v) is 5.17. The largest absolute Gasteiger partial charge is 0.463 e. The number of nitrogens with one attached hydrogen (secondary N) is 1. The highest BCUT2D eigenvalue weighted by Gasteiger charge is 2.37. The fourth-order valence-electron chi connectivity index (χ4n) is 2.55. The number of thiophene rings is 1. The molecule has 0 spiro atoms. The second-order valence-electron chi connectivity index (χ2n) is 5.23. The van der Waals surface area contributed by atoms with E-state index in [0.717, 1.165) is 9.35 Å². The lowest BCUT2D eigenvalue weighted by atomic mass is 10.00. The summed E-state index contributed by atoms with van der Waals surface area (Å²) >= 11 is 4.89. The third-order valence-electron chi connectivity index (χ3n) is 3.41. The van der Waals surface area contributed by atoms with Crippen LogP contribution in [0.15, 0.2) is 27.2 Å². The van der Waals surface area contributed by atoms with Gasteiger partial charge in [-0.1, -0.05) is 0 Å². The third kappa shape index (κ3) is 3.20. The molecule has 0 saturated carbocycles. The Bertz CT molecular complexity index is 624. The van der Waals surface area contributed by atoms with Crippen molar-refractivity contribution in [1.82, 2.24) is 10.2 Å². The summed E-state index contributed by atoms with van der Waals surface area (Å²) in [4.78, 5) is 27.3. The Labute approximate surface area is 142 Å². The minimum Gasteiger partial charge on any atom is -0.463 e. The van der Waals surface area contributed by atoms with Crippen LogP contribution in [0.5, 0.6) is 0 Å². The summed E-state index contributed by atoms with van der Waals surface area (Å²) in [5.74, 6) is -0.389. The lowest BCUT2D eigenvalue weighted by Crippen LogP contribution is -2.50. The summed E-state index contributed by atoms with van der Waals surface area (Å²) in [5, 5.41) is 4.84. The summed E-state index contributed by atoms with van der Waals surface area (Å²) in [7, 11) is 0. The van der Waals surface area contributed by atoms with Gasteiger partial charge in [-0.15, -0.1) is 11.3 Å². The van der Waals surface area contributed by atoms with E-state index in [4.69, 9.17) is 4.74 Å². The SMILES string of the molecule is CCOC(=O)C1=C(C)N(C(C)C)C(=O)N[C@@H]1c1cc(Br)cs1. The van der Waals surface area contributed by atoms with Gasteiger partial charge in [0.1, 0.15) is 0 Å². The second kappa shape index (κ2) is 6.83. The van der Waals surface area contributed by atoms with Gasteiger partial charge in [-0.05, 0) is 49.7 Å². The van der Waals surface area contributed by atoms with Crippen molar-refractivity contribution in [2.45, 2.75) is 39.8 Å². The van der Waals surface area contributed by atoms with Gasteiger partial charge >= 0.3 is 12.0 Å². The zero-order valence-corrected chi connectivity index (χ0v) is 15.4. The number of urea groups is 1. The molecule has 1 aliphatic heterocycles. The van der Waals surface area contributed by atoms with Crippen LogP contribution < -0.4 is 5.32 Å². The fraction of sp³-hybridized carbons (Fsp3) is 0.467. The first-order valence-corrected chi connectivity index (χ1v) is 8.75. The molecule has 2 rings (SSSR count). The van der Waals surface area contributed by atoms with Crippen molar-refractivity contribution in [3.05, 3.63) is 32.1 Å². The van der Waals surface area contributed by atoms with Crippen molar-refractivity contribution in [2.75, 3.05) is 6.61 Å². The van der Waals surface area contributed by atoms with E-state index in [-0.39, 0.29) is 18.0 Å². The Kier molecular flexibility index (Phi) is 5.28. The van der Waals surface area contributed by atoms with E-state index in [1.807, 2.05) is 25.3 Å². The molecule has 1 aromatic rings. The van der Waals surface area contributed by atoms with Crippen LogP contribution in [0.25, 0.3) is 0 Å². The molecule has 0 aromatic carbocycles. The van der Waals surface area contributed by atoms with Crippen LogP contribution >= 0.6 is 27.3 Å². The van der Waals surface area contributed by atoms with Gasteiger partial charge in [-0.25, -0.2) is 9.59 Å². The van der Waals surface area contributed by atoms with Gasteiger partial charge in [0.2, 0.25) is 0 Å². The first-order chi connectivity index (χ1) is 10.4. The summed E-state index contributed by atoms with van der Waals surface area (Å²) in [5.41, 5.74) is 1.14. The van der Waals surface area contributed by atoms with Gasteiger partial charge in [-0.2, -0.15) is 0 Å². The number of hydrogen-bond acceptors (Lipinski definition) is 4. The van der Waals surface area contributed by atoms with Gasteiger partial charge in [0.15, 0.2) is 0 Å². The van der Waals surface area contributed by atoms with Gasteiger partial charge in [-0.3, -0.25) is 4.90 Å². The number of carbonyl (C=O) groups excluding carboxylic acids is 2. The molecule has 1 aromatic heterocycles. The van der Waals surface area contributed by atoms with Crippen LogP contribution in [0.1, 0.15) is 38.6 Å². The highest BCUT2D eigenvalue weighted by atomic mass is 79.9. The van der Waals surface area contributed by atoms with Crippen molar-refractivity contribution in [1.29, 1.82) is 0 Å². The lowest BCUT2D eigenvalue weighted by Gasteiger charge is -2.37. The Morgan fingerprint density at radius 3 is 2.73 bits per heavy atom. The maximum absolute atomic E-state index is 12.4. The Balaban J connectivity index is 2.52. The van der Waals surface area contributed by atoms with Crippen molar-refractivity contribution in [2.24, 2.45) is 0 Å². The molecule has 2 heterocycles. The summed E-state index contributed by atoms with van der Waals surface area (Å²) in [6.07, 6.45) is 0. The number of esters is 1. The molecule has 0 radical (unpaired) electrons. The monoisotopic (exact) mass is 386 g/mol. The predicted molar refractivity (Wildman–Crippen MR) is 89.6 cm³/mol. The van der Waals surface area contributed by atoms with Crippen LogP contribution in [0, 0.1) is 0 Å². The van der Waals surface area contributed by atoms with E-state index in [9.17, 15) is 9.59 Å². The average molecular weight is 387 g/mol. The topological polar surface area (TPSA) is 58.6 Å². The normalized spacial score (nSPS) is 18.7. The maximum Gasteiger partial charge on any atom is 0.338 e. The number of rotatable bonds is 4. The van der Waals surface area contributed by atoms with Crippen molar-refractivity contribution < 1.29 is 14.3 Å². The second-order valence-corrected chi connectivity index (χ2v) is 7.09. The smallest absolute Gasteiger partial charge is 0.338 e. The first kappa shape index (κ1) is 17.0. The average Bonchev–Trinajstić information content (AvgIpc) is 2.84. The Morgan fingerprint density at radius 2 is 2.23 bits per heavy atom. The zero-order valence-electron chi connectivity index (χ0n) is 13.0. The van der Waals surface area contributed by atoms with Crippen molar-refractivity contribution in [3.8, 4) is 0 Å². The number of ether oxygens (including phenoxy) is 1. The van der Waals surface area contributed by atoms with E-state index in [0.29, 0.717) is 17.9 Å². The molecule has 0 aliphatic carbocycles. The van der Waals surface area contributed by atoms with Gasteiger partial charge in [0, 0.05) is 26.5 Å². The summed E-state index contributed by atoms with van der Waals surface area (Å²) in [6.45, 7) is 7.68. The van der Waals surface area contributed by atoms with E-state index in [1.165, 1.54) is 11.3 Å². The van der Waals surface area contributed by atoms with E-state index in [1.54, 1.807) is 18.7 Å². The first-order valence-electron chi connectivity index (χ1n) is 7.08. The molecule has 0 fully saturated rings. The van der Waals surface area contributed by atoms with Gasteiger partial charge in [0.25, 0.3) is 0 Å². The molecular formula is C15H19BrN2O3S. The molecular weight excluding hydrogens is 368 g/mol. The quantitative estimate of drug-likeness (QED) is 0.799. The lowest BCUT2D eigenvalue weighted by molar-refractivity contribution is -0.139. The van der Waals surface area contributed by atoms with Crippen molar-refractivity contribution in [3.63, 3.8) is 0 Å². The number of halogens is 1. The highest BCUT2D eigenvalue weighted by molar-refractivity contribution is 9.10. The zero-order chi connectivity index (χ0) is 16.4. The molecule has 1 N–H and O–H groups in total. The molecule has 1 aliphatic rings. The van der Waals surface area contributed by atoms with Crippen molar-refractivity contribution >= 4 is 39.3 Å². The minimum absolute atomic E-state index is 0.0413. The molecule has 22 heavy (non-hydrogen) atoms. The molecule has 1 atom stereocenters. The van der Waals surface area contributed by atoms with E-state index < -0.39 is 6.04 Å². The van der Waals surface area contributed by atoms with E-state index >= 15 is 0 Å². The van der Waals surface area contributed by atoms with Crippen LogP contribution in [-0.4, -0.2) is 29.5 Å². The molecule has 0 bridgehead atoms. The number of amides is 2. The van der Waals surface area contributed by atoms with Gasteiger partial charge < -0.3 is 10.1 Å². The molecule has 0 unspecified atom stereocenters. The van der Waals surface area contributed by atoms with E-state index in [2.05, 4.69) is 21.2 Å². The fourth-order valence-corrected chi connectivity index (χ4v) is 4.05. The van der Waals surface area contributed by atoms with Crippen LogP contribution in [0.3, 0.4) is 0 Å². The Hall–Kier alpha value is -1.34. The van der Waals surface area contributed by atoms with Gasteiger partial charge in [0.05, 0.1) is 18.2 Å². The summed E-state index contributed by atoms with van der Waals surface area (Å²) in [6, 6.07) is 1.20. The van der Waals surface area contributed by atoms with Crippen LogP contribution in [-0.2, 0) is 9.53 Å². The predicted octanol–water partition coefficient (Wildman–Crippen LogP) is 3.82. The number of allylic oxidation sites excluding steroid dienone is 1. The van der Waals surface area contributed by atoms with Crippen LogP contribution in [0.2, 0.25) is 0 Å². The molecule has 5 nitrogen and oxygen atoms in total. The molecule has 7 heteroatoms. The molecule has 2 amide bonds. The Morgan fingerprint density at radius 1 is 1.55 bits per heavy atom. The molecule has 120 valence electrons. The molecule has 0 saturated heterocycles. The minimum atomic E-state index is -0.474. The number of nitrogens with zero attached hydrogens (tertiary/aromatic N) is 1. The number of hydrogen-bond donors (Lipinski definition) is 1. The highest BCUT2D eigenvalue weighted by Crippen LogP contribution is 2.36.